The number of amides is 1. The standard InChI is InChI=1S/C20H22N2O6S/c23-20(21-13-16-14-27-18-6-1-2-7-19(18)28-16)15-4-3-5-17(12-15)29(24,25)22-8-10-26-11-9-22/h1-7,12,16H,8-11,13-14H2,(H,21,23)/t16-/m0/s1. The van der Waals surface area contributed by atoms with Gasteiger partial charge in [-0.2, -0.15) is 4.31 Å². The number of hydrogen-bond donors (Lipinski definition) is 1. The number of rotatable bonds is 5. The van der Waals surface area contributed by atoms with Crippen LogP contribution in [0.2, 0.25) is 0 Å². The average Bonchev–Trinajstić information content (AvgIpc) is 2.78. The van der Waals surface area contributed by atoms with Crippen molar-refractivity contribution in [3.05, 3.63) is 54.1 Å². The highest BCUT2D eigenvalue weighted by molar-refractivity contribution is 7.89. The molecule has 2 heterocycles. The molecule has 1 fully saturated rings. The molecule has 0 bridgehead atoms. The molecule has 4 rings (SSSR count). The monoisotopic (exact) mass is 418 g/mol. The maximum Gasteiger partial charge on any atom is 0.251 e. The number of carbonyl (C=O) groups is 1. The van der Waals surface area contributed by atoms with E-state index in [4.69, 9.17) is 14.2 Å². The normalized spacial score (nSPS) is 19.5. The molecule has 2 aliphatic rings. The van der Waals surface area contributed by atoms with Crippen molar-refractivity contribution in [3.63, 3.8) is 0 Å². The number of para-hydroxylation sites is 2. The Morgan fingerprint density at radius 1 is 1.07 bits per heavy atom. The molecule has 29 heavy (non-hydrogen) atoms. The zero-order valence-corrected chi connectivity index (χ0v) is 16.6. The van der Waals surface area contributed by atoms with Crippen LogP contribution >= 0.6 is 0 Å². The summed E-state index contributed by atoms with van der Waals surface area (Å²) < 4.78 is 43.6. The molecule has 0 unspecified atom stereocenters. The second-order valence-electron chi connectivity index (χ2n) is 6.75. The zero-order chi connectivity index (χ0) is 20.3. The van der Waals surface area contributed by atoms with Gasteiger partial charge < -0.3 is 19.5 Å². The third kappa shape index (κ3) is 4.36. The van der Waals surface area contributed by atoms with Gasteiger partial charge in [-0.05, 0) is 30.3 Å². The minimum Gasteiger partial charge on any atom is -0.486 e. The van der Waals surface area contributed by atoms with Crippen LogP contribution in [-0.2, 0) is 14.8 Å². The third-order valence-electron chi connectivity index (χ3n) is 4.76. The fourth-order valence-corrected chi connectivity index (χ4v) is 4.66. The van der Waals surface area contributed by atoms with Gasteiger partial charge in [0.05, 0.1) is 24.7 Å². The van der Waals surface area contributed by atoms with Gasteiger partial charge in [0, 0.05) is 18.7 Å². The summed E-state index contributed by atoms with van der Waals surface area (Å²) in [5, 5.41) is 2.79. The lowest BCUT2D eigenvalue weighted by molar-refractivity contribution is 0.0730. The van der Waals surface area contributed by atoms with Crippen LogP contribution in [0.5, 0.6) is 11.5 Å². The Morgan fingerprint density at radius 2 is 1.83 bits per heavy atom. The molecule has 1 saturated heterocycles. The van der Waals surface area contributed by atoms with Crippen LogP contribution in [0.15, 0.2) is 53.4 Å². The smallest absolute Gasteiger partial charge is 0.251 e. The van der Waals surface area contributed by atoms with E-state index in [1.165, 1.54) is 16.4 Å². The number of carbonyl (C=O) groups excluding carboxylic acids is 1. The molecule has 1 N–H and O–H groups in total. The van der Waals surface area contributed by atoms with Gasteiger partial charge in [-0.3, -0.25) is 4.79 Å². The molecule has 1 amide bonds. The fourth-order valence-electron chi connectivity index (χ4n) is 3.21. The summed E-state index contributed by atoms with van der Waals surface area (Å²) in [5.74, 6) is 0.944. The number of morpholine rings is 1. The van der Waals surface area contributed by atoms with Gasteiger partial charge in [0.2, 0.25) is 10.0 Å². The van der Waals surface area contributed by atoms with Gasteiger partial charge in [0.25, 0.3) is 5.91 Å². The van der Waals surface area contributed by atoms with Crippen molar-refractivity contribution in [2.45, 2.75) is 11.0 Å². The first kappa shape index (κ1) is 19.7. The Kier molecular flexibility index (Phi) is 5.70. The summed E-state index contributed by atoms with van der Waals surface area (Å²) in [7, 11) is -3.66. The molecule has 154 valence electrons. The van der Waals surface area contributed by atoms with Crippen molar-refractivity contribution in [2.24, 2.45) is 0 Å². The van der Waals surface area contributed by atoms with E-state index in [1.54, 1.807) is 12.1 Å². The van der Waals surface area contributed by atoms with E-state index >= 15 is 0 Å². The maximum absolute atomic E-state index is 12.8. The van der Waals surface area contributed by atoms with Gasteiger partial charge in [-0.15, -0.1) is 0 Å². The fraction of sp³-hybridized carbons (Fsp3) is 0.350. The molecular weight excluding hydrogens is 396 g/mol. The SMILES string of the molecule is O=C(NC[C@H]1COc2ccccc2O1)c1cccc(S(=O)(=O)N2CCOCC2)c1. The van der Waals surface area contributed by atoms with Gasteiger partial charge in [0.15, 0.2) is 11.5 Å². The summed E-state index contributed by atoms with van der Waals surface area (Å²) >= 11 is 0. The predicted octanol–water partition coefficient (Wildman–Crippen LogP) is 1.28. The van der Waals surface area contributed by atoms with Gasteiger partial charge in [0.1, 0.15) is 12.7 Å². The lowest BCUT2D eigenvalue weighted by Crippen LogP contribution is -2.41. The lowest BCUT2D eigenvalue weighted by atomic mass is 10.2. The first-order valence-electron chi connectivity index (χ1n) is 9.39. The largest absolute Gasteiger partial charge is 0.486 e. The quantitative estimate of drug-likeness (QED) is 0.786. The lowest BCUT2D eigenvalue weighted by Gasteiger charge is -2.27. The second-order valence-corrected chi connectivity index (χ2v) is 8.69. The summed E-state index contributed by atoms with van der Waals surface area (Å²) in [6.07, 6.45) is -0.325. The highest BCUT2D eigenvalue weighted by atomic mass is 32.2. The van der Waals surface area contributed by atoms with Crippen molar-refractivity contribution >= 4 is 15.9 Å². The summed E-state index contributed by atoms with van der Waals surface area (Å²) in [4.78, 5) is 12.6. The molecule has 2 aromatic rings. The Balaban J connectivity index is 1.40. The van der Waals surface area contributed by atoms with Crippen LogP contribution in [0.1, 0.15) is 10.4 Å². The average molecular weight is 418 g/mol. The Labute approximate surface area is 169 Å². The molecule has 0 aromatic heterocycles. The number of benzene rings is 2. The molecule has 0 aliphatic carbocycles. The number of hydrogen-bond acceptors (Lipinski definition) is 6. The van der Waals surface area contributed by atoms with Crippen molar-refractivity contribution < 1.29 is 27.4 Å². The highest BCUT2D eigenvalue weighted by Crippen LogP contribution is 2.30. The molecule has 0 radical (unpaired) electrons. The molecule has 9 heteroatoms. The number of fused-ring (bicyclic) bond motifs is 1. The molecule has 2 aromatic carbocycles. The van der Waals surface area contributed by atoms with Crippen molar-refractivity contribution in [1.29, 1.82) is 0 Å². The van der Waals surface area contributed by atoms with Crippen LogP contribution in [0.25, 0.3) is 0 Å². The minimum atomic E-state index is -3.66. The van der Waals surface area contributed by atoms with Crippen molar-refractivity contribution in [1.82, 2.24) is 9.62 Å². The molecule has 0 saturated carbocycles. The van der Waals surface area contributed by atoms with Crippen LogP contribution in [0, 0.1) is 0 Å². The van der Waals surface area contributed by atoms with E-state index in [1.807, 2.05) is 24.3 Å². The van der Waals surface area contributed by atoms with Crippen LogP contribution < -0.4 is 14.8 Å². The topological polar surface area (TPSA) is 94.2 Å². The van der Waals surface area contributed by atoms with E-state index in [-0.39, 0.29) is 29.0 Å². The maximum atomic E-state index is 12.8. The van der Waals surface area contributed by atoms with E-state index < -0.39 is 10.0 Å². The Morgan fingerprint density at radius 3 is 2.62 bits per heavy atom. The zero-order valence-electron chi connectivity index (χ0n) is 15.7. The van der Waals surface area contributed by atoms with Crippen molar-refractivity contribution in [2.75, 3.05) is 39.5 Å². The van der Waals surface area contributed by atoms with E-state index in [0.717, 1.165) is 0 Å². The minimum absolute atomic E-state index is 0.0956. The van der Waals surface area contributed by atoms with Crippen LogP contribution in [0.3, 0.4) is 0 Å². The number of ether oxygens (including phenoxy) is 3. The number of nitrogens with zero attached hydrogens (tertiary/aromatic N) is 1. The first-order chi connectivity index (χ1) is 14.0. The molecule has 1 atom stereocenters. The molecule has 0 spiro atoms. The summed E-state index contributed by atoms with van der Waals surface area (Å²) in [6, 6.07) is 13.4. The molecular formula is C20H22N2O6S. The van der Waals surface area contributed by atoms with Gasteiger partial charge in [-0.25, -0.2) is 8.42 Å². The van der Waals surface area contributed by atoms with E-state index in [2.05, 4.69) is 5.32 Å². The second kappa shape index (κ2) is 8.40. The van der Waals surface area contributed by atoms with E-state index in [0.29, 0.717) is 44.4 Å². The van der Waals surface area contributed by atoms with Crippen LogP contribution in [0.4, 0.5) is 0 Å². The molecule has 8 nitrogen and oxygen atoms in total. The highest BCUT2D eigenvalue weighted by Gasteiger charge is 2.27. The first-order valence-corrected chi connectivity index (χ1v) is 10.8. The van der Waals surface area contributed by atoms with Crippen LogP contribution in [-0.4, -0.2) is 64.2 Å². The predicted molar refractivity (Wildman–Crippen MR) is 105 cm³/mol. The summed E-state index contributed by atoms with van der Waals surface area (Å²) in [6.45, 7) is 1.91. The van der Waals surface area contributed by atoms with Crippen molar-refractivity contribution in [3.8, 4) is 11.5 Å². The number of nitrogens with one attached hydrogen (secondary N) is 1. The third-order valence-corrected chi connectivity index (χ3v) is 6.66. The summed E-state index contributed by atoms with van der Waals surface area (Å²) in [5.41, 5.74) is 0.275. The van der Waals surface area contributed by atoms with Gasteiger partial charge >= 0.3 is 0 Å². The van der Waals surface area contributed by atoms with E-state index in [9.17, 15) is 13.2 Å². The van der Waals surface area contributed by atoms with Gasteiger partial charge in [-0.1, -0.05) is 18.2 Å². The number of sulfonamides is 1. The Bertz CT molecular complexity index is 988. The molecule has 2 aliphatic heterocycles. The Hall–Kier alpha value is -2.62.